The molecule has 0 spiro atoms. The Bertz CT molecular complexity index is 963. The van der Waals surface area contributed by atoms with Gasteiger partial charge in [0.2, 0.25) is 0 Å². The predicted octanol–water partition coefficient (Wildman–Crippen LogP) is 4.53. The molecule has 4 rings (SSSR count). The van der Waals surface area contributed by atoms with Gasteiger partial charge in [0.1, 0.15) is 11.6 Å². The Morgan fingerprint density at radius 2 is 2.04 bits per heavy atom. The first kappa shape index (κ1) is 17.1. The second-order valence-electron chi connectivity index (χ2n) is 6.79. The number of nitrogens with zero attached hydrogens (tertiary/aromatic N) is 2. The molecule has 6 heteroatoms. The van der Waals surface area contributed by atoms with Gasteiger partial charge < -0.3 is 10.1 Å². The number of halogens is 1. The van der Waals surface area contributed by atoms with Crippen LogP contribution in [0.4, 0.5) is 5.82 Å². The maximum absolute atomic E-state index is 12.3. The molecular weight excluding hydrogens is 394 g/mol. The fourth-order valence-corrected chi connectivity index (χ4v) is 3.31. The summed E-state index contributed by atoms with van der Waals surface area (Å²) in [6.45, 7) is 2.79. The van der Waals surface area contributed by atoms with Crippen LogP contribution in [0, 0.1) is 12.8 Å². The lowest BCUT2D eigenvalue weighted by atomic mass is 10.1. The number of carbonyl (C=O) groups excluding carboxylic acids is 1. The Morgan fingerprint density at radius 3 is 2.85 bits per heavy atom. The number of aryl methyl sites for hydroxylation is 1. The molecule has 5 nitrogen and oxygen atoms in total. The highest BCUT2D eigenvalue weighted by Gasteiger charge is 2.24. The Balaban J connectivity index is 1.39. The molecule has 1 N–H and O–H groups in total. The average Bonchev–Trinajstić information content (AvgIpc) is 3.39. The first-order valence-electron chi connectivity index (χ1n) is 8.73. The lowest BCUT2D eigenvalue weighted by Gasteiger charge is -2.11. The molecule has 0 aliphatic heterocycles. The van der Waals surface area contributed by atoms with Crippen molar-refractivity contribution in [1.82, 2.24) is 9.78 Å². The lowest BCUT2D eigenvalue weighted by Crippen LogP contribution is -2.23. The van der Waals surface area contributed by atoms with Crippen molar-refractivity contribution in [2.75, 3.05) is 11.9 Å². The Labute approximate surface area is 160 Å². The summed E-state index contributed by atoms with van der Waals surface area (Å²) in [5, 5.41) is 9.50. The molecule has 1 saturated carbocycles. The van der Waals surface area contributed by atoms with Gasteiger partial charge in [-0.3, -0.25) is 4.79 Å². The summed E-state index contributed by atoms with van der Waals surface area (Å²) >= 11 is 3.47. The van der Waals surface area contributed by atoms with Gasteiger partial charge in [-0.2, -0.15) is 5.10 Å². The van der Waals surface area contributed by atoms with E-state index in [0.29, 0.717) is 11.7 Å². The SMILES string of the molecule is Cc1cnn(CC2CC2)c1NC(=O)COc1ccc2cc(Br)ccc2c1. The topological polar surface area (TPSA) is 56.2 Å². The highest BCUT2D eigenvalue weighted by Crippen LogP contribution is 2.32. The van der Waals surface area contributed by atoms with Crippen molar-refractivity contribution in [2.24, 2.45) is 5.92 Å². The fourth-order valence-electron chi connectivity index (χ4n) is 2.93. The molecule has 0 bridgehead atoms. The van der Waals surface area contributed by atoms with Crippen molar-refractivity contribution in [1.29, 1.82) is 0 Å². The number of hydrogen-bond acceptors (Lipinski definition) is 3. The summed E-state index contributed by atoms with van der Waals surface area (Å²) in [4.78, 5) is 12.3. The zero-order chi connectivity index (χ0) is 18.1. The number of hydrogen-bond donors (Lipinski definition) is 1. The molecule has 26 heavy (non-hydrogen) atoms. The predicted molar refractivity (Wildman–Crippen MR) is 105 cm³/mol. The number of fused-ring (bicyclic) bond motifs is 1. The van der Waals surface area contributed by atoms with E-state index in [1.54, 1.807) is 6.20 Å². The van der Waals surface area contributed by atoms with Gasteiger partial charge in [0.15, 0.2) is 6.61 Å². The van der Waals surface area contributed by atoms with Crippen molar-refractivity contribution in [2.45, 2.75) is 26.3 Å². The van der Waals surface area contributed by atoms with Crippen molar-refractivity contribution in [3.63, 3.8) is 0 Å². The van der Waals surface area contributed by atoms with E-state index in [4.69, 9.17) is 4.74 Å². The Morgan fingerprint density at radius 1 is 1.27 bits per heavy atom. The normalized spacial score (nSPS) is 13.8. The van der Waals surface area contributed by atoms with E-state index in [0.717, 1.165) is 33.2 Å². The molecule has 2 aromatic carbocycles. The second kappa shape index (κ2) is 7.11. The number of aromatic nitrogens is 2. The quantitative estimate of drug-likeness (QED) is 0.645. The highest BCUT2D eigenvalue weighted by molar-refractivity contribution is 9.10. The fraction of sp³-hybridized carbons (Fsp3) is 0.300. The lowest BCUT2D eigenvalue weighted by molar-refractivity contribution is -0.118. The molecule has 1 amide bonds. The molecule has 1 aromatic heterocycles. The summed E-state index contributed by atoms with van der Waals surface area (Å²) in [6.07, 6.45) is 4.28. The Hall–Kier alpha value is -2.34. The van der Waals surface area contributed by atoms with E-state index in [1.807, 2.05) is 41.9 Å². The number of rotatable bonds is 6. The largest absolute Gasteiger partial charge is 0.484 e. The molecular formula is C20H20BrN3O2. The third kappa shape index (κ3) is 3.90. The summed E-state index contributed by atoms with van der Waals surface area (Å²) in [6, 6.07) is 11.9. The van der Waals surface area contributed by atoms with Crippen LogP contribution in [0.1, 0.15) is 18.4 Å². The van der Waals surface area contributed by atoms with Crippen LogP contribution in [0.15, 0.2) is 47.1 Å². The van der Waals surface area contributed by atoms with Gasteiger partial charge in [-0.25, -0.2) is 4.68 Å². The third-order valence-corrected chi connectivity index (χ3v) is 5.05. The maximum Gasteiger partial charge on any atom is 0.263 e. The molecule has 0 radical (unpaired) electrons. The zero-order valence-electron chi connectivity index (χ0n) is 14.5. The van der Waals surface area contributed by atoms with Crippen LogP contribution in [0.5, 0.6) is 5.75 Å². The number of nitrogens with one attached hydrogen (secondary N) is 1. The number of ether oxygens (including phenoxy) is 1. The molecule has 1 aliphatic rings. The van der Waals surface area contributed by atoms with Crippen LogP contribution in [0.2, 0.25) is 0 Å². The minimum Gasteiger partial charge on any atom is -0.484 e. The zero-order valence-corrected chi connectivity index (χ0v) is 16.1. The van der Waals surface area contributed by atoms with Crippen molar-refractivity contribution in [3.8, 4) is 5.75 Å². The summed E-state index contributed by atoms with van der Waals surface area (Å²) < 4.78 is 8.60. The molecule has 134 valence electrons. The first-order valence-corrected chi connectivity index (χ1v) is 9.52. The molecule has 0 unspecified atom stereocenters. The Kier molecular flexibility index (Phi) is 4.68. The molecule has 0 saturated heterocycles. The van der Waals surface area contributed by atoms with Crippen LogP contribution >= 0.6 is 15.9 Å². The van der Waals surface area contributed by atoms with E-state index < -0.39 is 0 Å². The van der Waals surface area contributed by atoms with E-state index in [2.05, 4.69) is 32.4 Å². The highest BCUT2D eigenvalue weighted by atomic mass is 79.9. The number of anilines is 1. The van der Waals surface area contributed by atoms with Gasteiger partial charge in [0.25, 0.3) is 5.91 Å². The first-order chi connectivity index (χ1) is 12.6. The van der Waals surface area contributed by atoms with Gasteiger partial charge in [0, 0.05) is 16.6 Å². The molecule has 0 atom stereocenters. The number of carbonyl (C=O) groups is 1. The minimum absolute atomic E-state index is 0.0317. The van der Waals surface area contributed by atoms with Crippen LogP contribution < -0.4 is 10.1 Å². The molecule has 1 aliphatic carbocycles. The summed E-state index contributed by atoms with van der Waals surface area (Å²) in [7, 11) is 0. The van der Waals surface area contributed by atoms with Crippen LogP contribution in [0.25, 0.3) is 10.8 Å². The van der Waals surface area contributed by atoms with Crippen LogP contribution in [0.3, 0.4) is 0 Å². The minimum atomic E-state index is -0.179. The van der Waals surface area contributed by atoms with E-state index in [1.165, 1.54) is 12.8 Å². The van der Waals surface area contributed by atoms with Gasteiger partial charge in [-0.05, 0) is 60.7 Å². The van der Waals surface area contributed by atoms with Crippen LogP contribution in [-0.2, 0) is 11.3 Å². The van der Waals surface area contributed by atoms with E-state index in [-0.39, 0.29) is 12.5 Å². The number of benzene rings is 2. The maximum atomic E-state index is 12.3. The number of amides is 1. The average molecular weight is 414 g/mol. The summed E-state index contributed by atoms with van der Waals surface area (Å²) in [5.74, 6) is 1.97. The molecule has 3 aromatic rings. The van der Waals surface area contributed by atoms with Gasteiger partial charge in [-0.15, -0.1) is 0 Å². The van der Waals surface area contributed by atoms with E-state index in [9.17, 15) is 4.79 Å². The standard InChI is InChI=1S/C20H20BrN3O2/c1-13-10-22-24(11-14-2-3-14)20(13)23-19(25)12-26-18-7-5-15-8-17(21)6-4-16(15)9-18/h4-10,14H,2-3,11-12H2,1H3,(H,23,25). The van der Waals surface area contributed by atoms with Crippen molar-refractivity contribution >= 4 is 38.4 Å². The van der Waals surface area contributed by atoms with Gasteiger partial charge in [0.05, 0.1) is 6.20 Å². The molecule has 1 heterocycles. The molecule has 1 fully saturated rings. The van der Waals surface area contributed by atoms with E-state index >= 15 is 0 Å². The van der Waals surface area contributed by atoms with Gasteiger partial charge in [-0.1, -0.05) is 28.1 Å². The summed E-state index contributed by atoms with van der Waals surface area (Å²) in [5.41, 5.74) is 0.968. The third-order valence-electron chi connectivity index (χ3n) is 4.55. The van der Waals surface area contributed by atoms with Gasteiger partial charge >= 0.3 is 0 Å². The monoisotopic (exact) mass is 413 g/mol. The second-order valence-corrected chi connectivity index (χ2v) is 7.71. The van der Waals surface area contributed by atoms with Crippen LogP contribution in [-0.4, -0.2) is 22.3 Å². The van der Waals surface area contributed by atoms with Crippen molar-refractivity contribution < 1.29 is 9.53 Å². The van der Waals surface area contributed by atoms with Crippen molar-refractivity contribution in [3.05, 3.63) is 52.6 Å². The smallest absolute Gasteiger partial charge is 0.263 e.